The van der Waals surface area contributed by atoms with Gasteiger partial charge < -0.3 is 15.7 Å². The fraction of sp³-hybridized carbons (Fsp3) is 0.400. The van der Waals surface area contributed by atoms with E-state index in [4.69, 9.17) is 15.8 Å². The molecule has 3 N–H and O–H groups in total. The lowest BCUT2D eigenvalue weighted by Crippen LogP contribution is -2.27. The van der Waals surface area contributed by atoms with Crippen LogP contribution in [0.4, 0.5) is 5.82 Å². The van der Waals surface area contributed by atoms with E-state index in [2.05, 4.69) is 24.0 Å². The van der Waals surface area contributed by atoms with Crippen molar-refractivity contribution in [2.45, 2.75) is 19.9 Å². The summed E-state index contributed by atoms with van der Waals surface area (Å²) >= 11 is 0. The van der Waals surface area contributed by atoms with E-state index in [0.717, 1.165) is 41.8 Å². The minimum atomic E-state index is 0.196. The maximum Gasteiger partial charge on any atom is 0.133 e. The second-order valence-electron chi connectivity index (χ2n) is 4.52. The predicted octanol–water partition coefficient (Wildman–Crippen LogP) is 1.90. The maximum atomic E-state index is 8.98. The number of para-hydroxylation sites is 1. The summed E-state index contributed by atoms with van der Waals surface area (Å²) in [5.74, 6) is 0.942. The summed E-state index contributed by atoms with van der Waals surface area (Å²) in [5.41, 5.74) is 7.88. The van der Waals surface area contributed by atoms with E-state index in [1.165, 1.54) is 0 Å². The normalized spacial score (nSPS) is 10.9. The minimum Gasteiger partial charge on any atom is -0.396 e. The number of aliphatic hydroxyl groups excluding tert-OH is 1. The highest BCUT2D eigenvalue weighted by Crippen LogP contribution is 2.23. The molecule has 4 nitrogen and oxygen atoms in total. The van der Waals surface area contributed by atoms with Crippen molar-refractivity contribution in [1.29, 1.82) is 0 Å². The van der Waals surface area contributed by atoms with Crippen molar-refractivity contribution in [3.05, 3.63) is 35.9 Å². The molecule has 4 heteroatoms. The minimum absolute atomic E-state index is 0.196. The Kier molecular flexibility index (Phi) is 4.71. The van der Waals surface area contributed by atoms with Crippen molar-refractivity contribution in [2.75, 3.05) is 24.6 Å². The van der Waals surface area contributed by atoms with Crippen molar-refractivity contribution >= 4 is 16.7 Å². The Morgan fingerprint density at radius 3 is 2.79 bits per heavy atom. The molecule has 0 saturated carbocycles. The number of pyridine rings is 1. The molecule has 0 spiro atoms. The molecule has 2 aromatic rings. The molecule has 0 aliphatic carbocycles. The second-order valence-corrected chi connectivity index (χ2v) is 4.52. The SMILES string of the molecule is CCN(CCCO)c1nc2ccccc2cc1CN. The first-order chi connectivity index (χ1) is 9.30. The third-order valence-electron chi connectivity index (χ3n) is 3.27. The van der Waals surface area contributed by atoms with Crippen LogP contribution in [0, 0.1) is 0 Å². The van der Waals surface area contributed by atoms with Gasteiger partial charge in [-0.2, -0.15) is 0 Å². The van der Waals surface area contributed by atoms with E-state index in [0.29, 0.717) is 6.54 Å². The van der Waals surface area contributed by atoms with E-state index in [9.17, 15) is 0 Å². The van der Waals surface area contributed by atoms with Gasteiger partial charge in [-0.1, -0.05) is 18.2 Å². The van der Waals surface area contributed by atoms with Crippen LogP contribution in [0.15, 0.2) is 30.3 Å². The number of nitrogens with zero attached hydrogens (tertiary/aromatic N) is 2. The summed E-state index contributed by atoms with van der Waals surface area (Å²) in [6.45, 7) is 4.42. The van der Waals surface area contributed by atoms with Crippen molar-refractivity contribution < 1.29 is 5.11 Å². The fourth-order valence-electron chi connectivity index (χ4n) is 2.25. The number of nitrogens with two attached hydrogens (primary N) is 1. The summed E-state index contributed by atoms with van der Waals surface area (Å²) in [4.78, 5) is 6.91. The highest BCUT2D eigenvalue weighted by Gasteiger charge is 2.11. The molecule has 0 unspecified atom stereocenters. The van der Waals surface area contributed by atoms with Gasteiger partial charge in [0.15, 0.2) is 0 Å². The van der Waals surface area contributed by atoms with Crippen molar-refractivity contribution in [3.63, 3.8) is 0 Å². The van der Waals surface area contributed by atoms with Gasteiger partial charge in [-0.15, -0.1) is 0 Å². The number of aromatic nitrogens is 1. The summed E-state index contributed by atoms with van der Waals surface area (Å²) in [7, 11) is 0. The maximum absolute atomic E-state index is 8.98. The molecule has 2 rings (SSSR count). The van der Waals surface area contributed by atoms with Gasteiger partial charge >= 0.3 is 0 Å². The summed E-state index contributed by atoms with van der Waals surface area (Å²) in [6, 6.07) is 10.2. The number of fused-ring (bicyclic) bond motifs is 1. The number of rotatable bonds is 6. The molecule has 0 aliphatic heterocycles. The van der Waals surface area contributed by atoms with Crippen LogP contribution >= 0.6 is 0 Å². The van der Waals surface area contributed by atoms with E-state index < -0.39 is 0 Å². The quantitative estimate of drug-likeness (QED) is 0.831. The number of hydrogen-bond acceptors (Lipinski definition) is 4. The zero-order valence-electron chi connectivity index (χ0n) is 11.3. The third kappa shape index (κ3) is 3.03. The Hall–Kier alpha value is -1.65. The monoisotopic (exact) mass is 259 g/mol. The van der Waals surface area contributed by atoms with Gasteiger partial charge in [0.25, 0.3) is 0 Å². The standard InChI is InChI=1S/C15H21N3O/c1-2-18(8-5-9-19)15-13(11-16)10-12-6-3-4-7-14(12)17-15/h3-4,6-7,10,19H,2,5,8-9,11,16H2,1H3. The molecular weight excluding hydrogens is 238 g/mol. The zero-order valence-corrected chi connectivity index (χ0v) is 11.3. The van der Waals surface area contributed by atoms with Crippen LogP contribution in [0.25, 0.3) is 10.9 Å². The van der Waals surface area contributed by atoms with Crippen molar-refractivity contribution in [3.8, 4) is 0 Å². The van der Waals surface area contributed by atoms with Crippen molar-refractivity contribution in [1.82, 2.24) is 4.98 Å². The highest BCUT2D eigenvalue weighted by molar-refractivity contribution is 5.81. The van der Waals surface area contributed by atoms with Crippen LogP contribution in [-0.2, 0) is 6.54 Å². The molecule has 0 atom stereocenters. The smallest absolute Gasteiger partial charge is 0.133 e. The van der Waals surface area contributed by atoms with Gasteiger partial charge in [0, 0.05) is 37.2 Å². The molecule has 19 heavy (non-hydrogen) atoms. The van der Waals surface area contributed by atoms with Crippen LogP contribution in [0.1, 0.15) is 18.9 Å². The Bertz CT molecular complexity index is 542. The Morgan fingerprint density at radius 2 is 2.11 bits per heavy atom. The predicted molar refractivity (Wildman–Crippen MR) is 79.2 cm³/mol. The Labute approximate surface area is 113 Å². The first-order valence-corrected chi connectivity index (χ1v) is 6.74. The zero-order chi connectivity index (χ0) is 13.7. The number of aliphatic hydroxyl groups is 1. The average Bonchev–Trinajstić information content (AvgIpc) is 2.47. The summed E-state index contributed by atoms with van der Waals surface area (Å²) < 4.78 is 0. The highest BCUT2D eigenvalue weighted by atomic mass is 16.3. The van der Waals surface area contributed by atoms with E-state index >= 15 is 0 Å². The van der Waals surface area contributed by atoms with E-state index in [1.54, 1.807) is 0 Å². The molecule has 0 fully saturated rings. The third-order valence-corrected chi connectivity index (χ3v) is 3.27. The molecule has 1 aromatic carbocycles. The van der Waals surface area contributed by atoms with Crippen LogP contribution in [0.2, 0.25) is 0 Å². The average molecular weight is 259 g/mol. The molecule has 102 valence electrons. The molecule has 0 radical (unpaired) electrons. The first-order valence-electron chi connectivity index (χ1n) is 6.74. The first kappa shape index (κ1) is 13.8. The van der Waals surface area contributed by atoms with Crippen LogP contribution < -0.4 is 10.6 Å². The molecule has 0 aliphatic rings. The topological polar surface area (TPSA) is 62.4 Å². The summed E-state index contributed by atoms with van der Waals surface area (Å²) in [6.07, 6.45) is 0.742. The number of anilines is 1. The van der Waals surface area contributed by atoms with Crippen LogP contribution in [0.5, 0.6) is 0 Å². The molecule has 0 amide bonds. The lowest BCUT2D eigenvalue weighted by molar-refractivity contribution is 0.289. The van der Waals surface area contributed by atoms with Gasteiger partial charge in [-0.25, -0.2) is 4.98 Å². The molecule has 0 bridgehead atoms. The fourth-order valence-corrected chi connectivity index (χ4v) is 2.25. The molecule has 0 saturated heterocycles. The Morgan fingerprint density at radius 1 is 1.32 bits per heavy atom. The Balaban J connectivity index is 2.44. The summed E-state index contributed by atoms with van der Waals surface area (Å²) in [5, 5.41) is 10.1. The second kappa shape index (κ2) is 6.50. The van der Waals surface area contributed by atoms with Crippen molar-refractivity contribution in [2.24, 2.45) is 5.73 Å². The lowest BCUT2D eigenvalue weighted by atomic mass is 10.1. The number of benzene rings is 1. The van der Waals surface area contributed by atoms with Gasteiger partial charge in [0.1, 0.15) is 5.82 Å². The largest absolute Gasteiger partial charge is 0.396 e. The van der Waals surface area contributed by atoms with Gasteiger partial charge in [-0.3, -0.25) is 0 Å². The van der Waals surface area contributed by atoms with Gasteiger partial charge in [0.05, 0.1) is 5.52 Å². The van der Waals surface area contributed by atoms with E-state index in [1.807, 2.05) is 18.2 Å². The number of hydrogen-bond donors (Lipinski definition) is 2. The molecule has 1 aromatic heterocycles. The molecule has 1 heterocycles. The van der Waals surface area contributed by atoms with E-state index in [-0.39, 0.29) is 6.61 Å². The van der Waals surface area contributed by atoms with Crippen LogP contribution in [-0.4, -0.2) is 29.8 Å². The van der Waals surface area contributed by atoms with Crippen LogP contribution in [0.3, 0.4) is 0 Å². The lowest BCUT2D eigenvalue weighted by Gasteiger charge is -2.24. The van der Waals surface area contributed by atoms with Gasteiger partial charge in [-0.05, 0) is 25.5 Å². The van der Waals surface area contributed by atoms with Gasteiger partial charge in [0.2, 0.25) is 0 Å². The molecular formula is C15H21N3O.